The second-order valence-corrected chi connectivity index (χ2v) is 7.87. The van der Waals surface area contributed by atoms with Crippen molar-refractivity contribution in [1.29, 1.82) is 0 Å². The first kappa shape index (κ1) is 24.5. The number of furan rings is 1. The molecular weight excluding hydrogens is 489 g/mol. The Balaban J connectivity index is 0.00000320. The largest absolute Gasteiger partial charge is 0.468 e. The van der Waals surface area contributed by atoms with Crippen LogP contribution in [-0.4, -0.2) is 51.1 Å². The third-order valence-electron chi connectivity index (χ3n) is 5.46. The van der Waals surface area contributed by atoms with Gasteiger partial charge in [0.05, 0.1) is 24.9 Å². The molecule has 3 rings (SSSR count). The van der Waals surface area contributed by atoms with E-state index in [1.165, 1.54) is 24.1 Å². The standard InChI is InChI=1S/C23H35N5O.HI/c1-5-24-23(25-17-21(27(3)4)22-12-9-15-29-22)26-18(2)19-10-8-11-20(16-19)28-13-6-7-14-28;/h8-12,15-16,18,21H,5-7,13-14,17H2,1-4H3,(H2,24,25,26);1H. The van der Waals surface area contributed by atoms with Gasteiger partial charge >= 0.3 is 0 Å². The quantitative estimate of drug-likeness (QED) is 0.304. The Kier molecular flexibility index (Phi) is 9.97. The van der Waals surface area contributed by atoms with E-state index in [1.54, 1.807) is 6.26 Å². The monoisotopic (exact) mass is 525 g/mol. The lowest BCUT2D eigenvalue weighted by Gasteiger charge is -2.23. The molecule has 0 bridgehead atoms. The van der Waals surface area contributed by atoms with Crippen LogP contribution in [0.2, 0.25) is 0 Å². The predicted molar refractivity (Wildman–Crippen MR) is 136 cm³/mol. The van der Waals surface area contributed by atoms with Gasteiger partial charge in [-0.25, -0.2) is 0 Å². The van der Waals surface area contributed by atoms with Gasteiger partial charge in [-0.05, 0) is 70.6 Å². The van der Waals surface area contributed by atoms with Crippen molar-refractivity contribution >= 4 is 35.6 Å². The van der Waals surface area contributed by atoms with Crippen LogP contribution in [0.4, 0.5) is 5.69 Å². The van der Waals surface area contributed by atoms with E-state index in [-0.39, 0.29) is 36.1 Å². The van der Waals surface area contributed by atoms with Crippen LogP contribution in [0.25, 0.3) is 0 Å². The highest BCUT2D eigenvalue weighted by Crippen LogP contribution is 2.24. The highest BCUT2D eigenvalue weighted by atomic mass is 127. The number of aliphatic imine (C=N–C) groups is 1. The number of guanidine groups is 1. The van der Waals surface area contributed by atoms with Crippen molar-refractivity contribution in [2.75, 3.05) is 45.2 Å². The van der Waals surface area contributed by atoms with Crippen molar-refractivity contribution in [1.82, 2.24) is 15.5 Å². The molecule has 2 atom stereocenters. The summed E-state index contributed by atoms with van der Waals surface area (Å²) in [5.74, 6) is 1.76. The zero-order valence-electron chi connectivity index (χ0n) is 18.6. The summed E-state index contributed by atoms with van der Waals surface area (Å²) in [6.45, 7) is 8.04. The minimum Gasteiger partial charge on any atom is -0.468 e. The van der Waals surface area contributed by atoms with Crippen LogP contribution in [0.15, 0.2) is 52.1 Å². The number of halogens is 1. The molecule has 0 amide bonds. The van der Waals surface area contributed by atoms with Crippen LogP contribution < -0.4 is 15.5 Å². The molecule has 1 aromatic heterocycles. The number of nitrogens with one attached hydrogen (secondary N) is 2. The van der Waals surface area contributed by atoms with Crippen LogP contribution in [0.3, 0.4) is 0 Å². The van der Waals surface area contributed by atoms with Gasteiger partial charge in [0, 0.05) is 25.3 Å². The molecule has 1 saturated heterocycles. The third-order valence-corrected chi connectivity index (χ3v) is 5.46. The molecule has 0 spiro atoms. The topological polar surface area (TPSA) is 56.0 Å². The molecular formula is C23H36IN5O. The second kappa shape index (κ2) is 12.2. The zero-order valence-corrected chi connectivity index (χ0v) is 20.9. The Morgan fingerprint density at radius 3 is 2.60 bits per heavy atom. The fraction of sp³-hybridized carbons (Fsp3) is 0.522. The minimum atomic E-state index is 0. The Morgan fingerprint density at radius 2 is 1.97 bits per heavy atom. The highest BCUT2D eigenvalue weighted by molar-refractivity contribution is 14.0. The van der Waals surface area contributed by atoms with Crippen molar-refractivity contribution in [2.45, 2.75) is 38.8 Å². The van der Waals surface area contributed by atoms with E-state index in [9.17, 15) is 0 Å². The predicted octanol–water partition coefficient (Wildman–Crippen LogP) is 4.42. The number of rotatable bonds is 8. The molecule has 0 saturated carbocycles. The number of anilines is 1. The number of nitrogens with zero attached hydrogens (tertiary/aromatic N) is 3. The first-order chi connectivity index (χ1) is 14.1. The van der Waals surface area contributed by atoms with E-state index in [4.69, 9.17) is 9.41 Å². The molecule has 7 heteroatoms. The fourth-order valence-corrected chi connectivity index (χ4v) is 3.74. The molecule has 1 fully saturated rings. The normalized spacial score (nSPS) is 16.3. The number of benzene rings is 1. The Bertz CT molecular complexity index is 772. The van der Waals surface area contributed by atoms with Crippen molar-refractivity contribution in [2.24, 2.45) is 4.99 Å². The summed E-state index contributed by atoms with van der Waals surface area (Å²) >= 11 is 0. The molecule has 1 aromatic carbocycles. The summed E-state index contributed by atoms with van der Waals surface area (Å²) < 4.78 is 5.61. The number of hydrogen-bond acceptors (Lipinski definition) is 4. The van der Waals surface area contributed by atoms with Gasteiger partial charge in [-0.2, -0.15) is 0 Å². The van der Waals surface area contributed by atoms with Gasteiger partial charge in [0.25, 0.3) is 0 Å². The summed E-state index contributed by atoms with van der Waals surface area (Å²) in [6, 6.07) is 13.1. The van der Waals surface area contributed by atoms with Crippen molar-refractivity contribution in [3.05, 3.63) is 54.0 Å². The lowest BCUT2D eigenvalue weighted by Crippen LogP contribution is -2.39. The van der Waals surface area contributed by atoms with Crippen LogP contribution in [-0.2, 0) is 0 Å². The van der Waals surface area contributed by atoms with E-state index < -0.39 is 0 Å². The maximum absolute atomic E-state index is 5.61. The van der Waals surface area contributed by atoms with E-state index in [0.29, 0.717) is 6.54 Å². The Morgan fingerprint density at radius 1 is 1.20 bits per heavy atom. The average molecular weight is 525 g/mol. The van der Waals surface area contributed by atoms with Crippen LogP contribution >= 0.6 is 24.0 Å². The molecule has 0 radical (unpaired) electrons. The summed E-state index contributed by atoms with van der Waals surface area (Å²) in [5, 5.41) is 6.93. The second-order valence-electron chi connectivity index (χ2n) is 7.87. The highest BCUT2D eigenvalue weighted by Gasteiger charge is 2.18. The number of hydrogen-bond donors (Lipinski definition) is 2. The summed E-state index contributed by atoms with van der Waals surface area (Å²) in [4.78, 5) is 9.45. The van der Waals surface area contributed by atoms with Gasteiger partial charge in [0.15, 0.2) is 5.96 Å². The fourth-order valence-electron chi connectivity index (χ4n) is 3.74. The Hall–Kier alpha value is -1.74. The smallest absolute Gasteiger partial charge is 0.191 e. The molecule has 166 valence electrons. The van der Waals surface area contributed by atoms with Crippen molar-refractivity contribution in [3.8, 4) is 0 Å². The van der Waals surface area contributed by atoms with Crippen molar-refractivity contribution < 1.29 is 4.42 Å². The molecule has 1 aliphatic heterocycles. The molecule has 2 heterocycles. The molecule has 6 nitrogen and oxygen atoms in total. The summed E-state index contributed by atoms with van der Waals surface area (Å²) in [6.07, 6.45) is 4.30. The van der Waals surface area contributed by atoms with Crippen LogP contribution in [0, 0.1) is 0 Å². The maximum Gasteiger partial charge on any atom is 0.191 e. The van der Waals surface area contributed by atoms with E-state index >= 15 is 0 Å². The lowest BCUT2D eigenvalue weighted by molar-refractivity contribution is 0.265. The number of likely N-dealkylation sites (N-methyl/N-ethyl adjacent to an activating group) is 1. The van der Waals surface area contributed by atoms with Gasteiger partial charge < -0.3 is 20.0 Å². The first-order valence-electron chi connectivity index (χ1n) is 10.7. The Labute approximate surface area is 198 Å². The first-order valence-corrected chi connectivity index (χ1v) is 10.7. The molecule has 0 aliphatic carbocycles. The van der Waals surface area contributed by atoms with Gasteiger partial charge in [-0.15, -0.1) is 24.0 Å². The molecule has 1 aliphatic rings. The molecule has 2 N–H and O–H groups in total. The van der Waals surface area contributed by atoms with E-state index in [2.05, 4.69) is 72.6 Å². The van der Waals surface area contributed by atoms with E-state index in [1.807, 2.05) is 12.1 Å². The van der Waals surface area contributed by atoms with Gasteiger partial charge in [0.1, 0.15) is 5.76 Å². The summed E-state index contributed by atoms with van der Waals surface area (Å²) in [5.41, 5.74) is 2.59. The van der Waals surface area contributed by atoms with Crippen LogP contribution in [0.1, 0.15) is 50.1 Å². The summed E-state index contributed by atoms with van der Waals surface area (Å²) in [7, 11) is 4.10. The molecule has 30 heavy (non-hydrogen) atoms. The zero-order chi connectivity index (χ0) is 20.6. The van der Waals surface area contributed by atoms with Crippen LogP contribution in [0.5, 0.6) is 0 Å². The SMILES string of the molecule is CCNC(=NCC(c1ccco1)N(C)C)NC(C)c1cccc(N2CCCC2)c1.I. The van der Waals surface area contributed by atoms with Gasteiger partial charge in [0.2, 0.25) is 0 Å². The molecule has 2 unspecified atom stereocenters. The third kappa shape index (κ3) is 6.63. The lowest BCUT2D eigenvalue weighted by atomic mass is 10.1. The van der Waals surface area contributed by atoms with Gasteiger partial charge in [-0.3, -0.25) is 9.89 Å². The van der Waals surface area contributed by atoms with Crippen molar-refractivity contribution in [3.63, 3.8) is 0 Å². The minimum absolute atomic E-state index is 0. The molecule has 2 aromatic rings. The maximum atomic E-state index is 5.61. The van der Waals surface area contributed by atoms with Gasteiger partial charge in [-0.1, -0.05) is 12.1 Å². The van der Waals surface area contributed by atoms with E-state index in [0.717, 1.165) is 31.4 Å². The average Bonchev–Trinajstić information content (AvgIpc) is 3.42.